The van der Waals surface area contributed by atoms with E-state index in [0.717, 1.165) is 6.42 Å². The lowest BCUT2D eigenvalue weighted by Crippen LogP contribution is -2.53. The van der Waals surface area contributed by atoms with Crippen molar-refractivity contribution >= 4 is 11.8 Å². The second kappa shape index (κ2) is 5.57. The van der Waals surface area contributed by atoms with Gasteiger partial charge in [-0.3, -0.25) is 14.5 Å². The van der Waals surface area contributed by atoms with E-state index in [1.165, 1.54) is 11.9 Å². The van der Waals surface area contributed by atoms with Crippen molar-refractivity contribution < 1.29 is 19.1 Å². The van der Waals surface area contributed by atoms with Crippen LogP contribution >= 0.6 is 0 Å². The predicted octanol–water partition coefficient (Wildman–Crippen LogP) is -0.514. The third-order valence-electron chi connectivity index (χ3n) is 3.21. The summed E-state index contributed by atoms with van der Waals surface area (Å²) in [6.45, 7) is 1.65. The number of piperidine rings is 1. The minimum atomic E-state index is -0.260. The van der Waals surface area contributed by atoms with E-state index in [9.17, 15) is 9.59 Å². The van der Waals surface area contributed by atoms with Crippen LogP contribution in [0.1, 0.15) is 19.3 Å². The van der Waals surface area contributed by atoms with Gasteiger partial charge in [-0.05, 0) is 12.8 Å². The molecule has 2 rings (SSSR count). The molecular formula is C11H18N2O4. The summed E-state index contributed by atoms with van der Waals surface area (Å²) in [4.78, 5) is 24.3. The zero-order chi connectivity index (χ0) is 12.3. The number of nitrogens with zero attached hydrogens (tertiary/aromatic N) is 1. The summed E-state index contributed by atoms with van der Waals surface area (Å²) < 4.78 is 10.4. The lowest BCUT2D eigenvalue weighted by Gasteiger charge is -2.30. The average molecular weight is 242 g/mol. The number of carbonyl (C=O) groups is 2. The fourth-order valence-electron chi connectivity index (χ4n) is 2.04. The highest BCUT2D eigenvalue weighted by molar-refractivity contribution is 6.00. The fraction of sp³-hybridized carbons (Fsp3) is 0.818. The van der Waals surface area contributed by atoms with E-state index >= 15 is 0 Å². The summed E-state index contributed by atoms with van der Waals surface area (Å²) in [5, 5.41) is 3.17. The van der Waals surface area contributed by atoms with E-state index in [1.54, 1.807) is 0 Å². The van der Waals surface area contributed by atoms with Crippen molar-refractivity contribution in [2.24, 2.45) is 0 Å². The first kappa shape index (κ1) is 12.5. The molecule has 0 bridgehead atoms. The number of rotatable bonds is 3. The highest BCUT2D eigenvalue weighted by Gasteiger charge is 2.31. The Bertz CT molecular complexity index is 302. The number of likely N-dealkylation sites (N-methyl/N-ethyl adjacent to an activating group) is 1. The van der Waals surface area contributed by atoms with Crippen molar-refractivity contribution in [2.75, 3.05) is 27.0 Å². The van der Waals surface area contributed by atoms with E-state index in [2.05, 4.69) is 5.32 Å². The standard InChI is InChI=1S/C11H18N2O4/c1-13-10(14)3-2-9(11(13)15)12-6-8-4-5-16-7-17-8/h8-9,12H,2-7H2,1H3. The summed E-state index contributed by atoms with van der Waals surface area (Å²) in [6.07, 6.45) is 1.93. The molecule has 0 aromatic carbocycles. The molecule has 2 aliphatic heterocycles. The molecule has 96 valence electrons. The molecular weight excluding hydrogens is 224 g/mol. The summed E-state index contributed by atoms with van der Waals surface area (Å²) in [7, 11) is 1.53. The van der Waals surface area contributed by atoms with Gasteiger partial charge in [0.15, 0.2) is 0 Å². The largest absolute Gasteiger partial charge is 0.355 e. The lowest BCUT2D eigenvalue weighted by molar-refractivity contribution is -0.149. The Balaban J connectivity index is 1.78. The average Bonchev–Trinajstić information content (AvgIpc) is 2.36. The molecule has 2 heterocycles. The van der Waals surface area contributed by atoms with Gasteiger partial charge in [0.05, 0.1) is 18.8 Å². The maximum absolute atomic E-state index is 11.8. The molecule has 2 atom stereocenters. The third kappa shape index (κ3) is 3.02. The summed E-state index contributed by atoms with van der Waals surface area (Å²) >= 11 is 0. The van der Waals surface area contributed by atoms with E-state index in [4.69, 9.17) is 9.47 Å². The van der Waals surface area contributed by atoms with Crippen LogP contribution in [0.4, 0.5) is 0 Å². The minimum absolute atomic E-state index is 0.0967. The molecule has 0 saturated carbocycles. The Morgan fingerprint density at radius 2 is 2.24 bits per heavy atom. The minimum Gasteiger partial charge on any atom is -0.355 e. The van der Waals surface area contributed by atoms with E-state index in [-0.39, 0.29) is 24.0 Å². The summed E-state index contributed by atoms with van der Waals surface area (Å²) in [5.41, 5.74) is 0. The van der Waals surface area contributed by atoms with Crippen LogP contribution in [-0.4, -0.2) is 55.9 Å². The van der Waals surface area contributed by atoms with Crippen LogP contribution in [0, 0.1) is 0 Å². The summed E-state index contributed by atoms with van der Waals surface area (Å²) in [6, 6.07) is -0.260. The number of nitrogens with one attached hydrogen (secondary N) is 1. The molecule has 6 nitrogen and oxygen atoms in total. The number of likely N-dealkylation sites (tertiary alicyclic amines) is 1. The van der Waals surface area contributed by atoms with Gasteiger partial charge in [0.2, 0.25) is 11.8 Å². The van der Waals surface area contributed by atoms with Crippen LogP contribution in [0.25, 0.3) is 0 Å². The number of carbonyl (C=O) groups excluding carboxylic acids is 2. The van der Waals surface area contributed by atoms with Crippen LogP contribution in [-0.2, 0) is 19.1 Å². The maximum atomic E-state index is 11.8. The second-order valence-electron chi connectivity index (χ2n) is 4.39. The molecule has 2 unspecified atom stereocenters. The molecule has 0 spiro atoms. The molecule has 0 radical (unpaired) electrons. The van der Waals surface area contributed by atoms with Gasteiger partial charge < -0.3 is 14.8 Å². The highest BCUT2D eigenvalue weighted by atomic mass is 16.7. The van der Waals surface area contributed by atoms with Crippen LogP contribution in [0.2, 0.25) is 0 Å². The SMILES string of the molecule is CN1C(=O)CCC(NCC2CCOCO2)C1=O. The molecule has 2 amide bonds. The van der Waals surface area contributed by atoms with E-state index in [1.807, 2.05) is 0 Å². The molecule has 0 aliphatic carbocycles. The predicted molar refractivity (Wildman–Crippen MR) is 59.1 cm³/mol. The maximum Gasteiger partial charge on any atom is 0.246 e. The second-order valence-corrected chi connectivity index (χ2v) is 4.39. The van der Waals surface area contributed by atoms with Crippen molar-refractivity contribution in [1.82, 2.24) is 10.2 Å². The van der Waals surface area contributed by atoms with E-state index < -0.39 is 0 Å². The first-order chi connectivity index (χ1) is 8.18. The van der Waals surface area contributed by atoms with E-state index in [0.29, 0.717) is 32.8 Å². The van der Waals surface area contributed by atoms with Crippen molar-refractivity contribution in [3.8, 4) is 0 Å². The van der Waals surface area contributed by atoms with Gasteiger partial charge in [0.25, 0.3) is 0 Å². The number of hydrogen-bond acceptors (Lipinski definition) is 5. The zero-order valence-electron chi connectivity index (χ0n) is 9.98. The normalized spacial score (nSPS) is 30.8. The topological polar surface area (TPSA) is 67.9 Å². The van der Waals surface area contributed by atoms with Gasteiger partial charge in [-0.15, -0.1) is 0 Å². The Kier molecular flexibility index (Phi) is 4.09. The molecule has 1 N–H and O–H groups in total. The molecule has 2 aliphatic rings. The van der Waals surface area contributed by atoms with Crippen molar-refractivity contribution in [1.29, 1.82) is 0 Å². The highest BCUT2D eigenvalue weighted by Crippen LogP contribution is 2.12. The fourth-order valence-corrected chi connectivity index (χ4v) is 2.04. The summed E-state index contributed by atoms with van der Waals surface area (Å²) in [5.74, 6) is -0.247. The van der Waals surface area contributed by atoms with Crippen molar-refractivity contribution in [2.45, 2.75) is 31.4 Å². The monoisotopic (exact) mass is 242 g/mol. The Morgan fingerprint density at radius 3 is 2.94 bits per heavy atom. The zero-order valence-corrected chi connectivity index (χ0v) is 9.98. The molecule has 0 aromatic heterocycles. The van der Waals surface area contributed by atoms with Crippen molar-refractivity contribution in [3.05, 3.63) is 0 Å². The smallest absolute Gasteiger partial charge is 0.246 e. The Hall–Kier alpha value is -0.980. The van der Waals surface area contributed by atoms with Gasteiger partial charge in [0, 0.05) is 20.0 Å². The number of imide groups is 1. The van der Waals surface area contributed by atoms with Crippen molar-refractivity contribution in [3.63, 3.8) is 0 Å². The first-order valence-corrected chi connectivity index (χ1v) is 5.91. The van der Waals surface area contributed by atoms with Gasteiger partial charge in [0.1, 0.15) is 6.79 Å². The molecule has 6 heteroatoms. The van der Waals surface area contributed by atoms with Gasteiger partial charge >= 0.3 is 0 Å². The van der Waals surface area contributed by atoms with Gasteiger partial charge in [-0.2, -0.15) is 0 Å². The van der Waals surface area contributed by atoms with Crippen LogP contribution in [0.3, 0.4) is 0 Å². The quantitative estimate of drug-likeness (QED) is 0.675. The Labute approximate surface area is 100 Å². The number of ether oxygens (including phenoxy) is 2. The molecule has 2 saturated heterocycles. The van der Waals surface area contributed by atoms with Crippen LogP contribution < -0.4 is 5.32 Å². The third-order valence-corrected chi connectivity index (χ3v) is 3.21. The van der Waals surface area contributed by atoms with Crippen LogP contribution in [0.5, 0.6) is 0 Å². The molecule has 2 fully saturated rings. The Morgan fingerprint density at radius 1 is 1.41 bits per heavy atom. The number of hydrogen-bond donors (Lipinski definition) is 1. The first-order valence-electron chi connectivity index (χ1n) is 5.91. The van der Waals surface area contributed by atoms with Gasteiger partial charge in [-0.1, -0.05) is 0 Å². The molecule has 0 aromatic rings. The number of amides is 2. The van der Waals surface area contributed by atoms with Crippen LogP contribution in [0.15, 0.2) is 0 Å². The lowest BCUT2D eigenvalue weighted by atomic mass is 10.0. The van der Waals surface area contributed by atoms with Gasteiger partial charge in [-0.25, -0.2) is 0 Å². The molecule has 17 heavy (non-hydrogen) atoms.